The smallest absolute Gasteiger partial charge is 0.282 e. The highest BCUT2D eigenvalue weighted by Crippen LogP contribution is 2.39. The monoisotopic (exact) mass is 491 g/mol. The third-order valence-electron chi connectivity index (χ3n) is 5.79. The van der Waals surface area contributed by atoms with Crippen LogP contribution in [0.3, 0.4) is 0 Å². The molecule has 160 valence electrons. The van der Waals surface area contributed by atoms with Crippen LogP contribution in [0.25, 0.3) is 22.2 Å². The van der Waals surface area contributed by atoms with Crippen molar-refractivity contribution in [2.24, 2.45) is 0 Å². The number of nitrogens with two attached hydrogens (primary N) is 1. The second kappa shape index (κ2) is 7.16. The van der Waals surface area contributed by atoms with Gasteiger partial charge in [-0.05, 0) is 53.0 Å². The molecule has 5 heterocycles. The molecule has 1 aliphatic heterocycles. The molecule has 5 aromatic rings. The van der Waals surface area contributed by atoms with Crippen molar-refractivity contribution in [3.05, 3.63) is 69.4 Å². The van der Waals surface area contributed by atoms with Gasteiger partial charge in [-0.2, -0.15) is 20.2 Å². The lowest BCUT2D eigenvalue weighted by atomic mass is 10.2. The lowest BCUT2D eigenvalue weighted by Gasteiger charge is -2.27. The Morgan fingerprint density at radius 1 is 1.12 bits per heavy atom. The SMILES string of the molecule is Nc1nc(N2CCC[C@H]2c2nn3cccc3c(=O)n2-c2ccccc2)c2c(Br)[nH]nc2n1. The van der Waals surface area contributed by atoms with Crippen LogP contribution in [0.4, 0.5) is 11.8 Å². The lowest BCUT2D eigenvalue weighted by Crippen LogP contribution is -2.33. The van der Waals surface area contributed by atoms with Crippen LogP contribution >= 0.6 is 15.9 Å². The third-order valence-corrected chi connectivity index (χ3v) is 6.37. The van der Waals surface area contributed by atoms with E-state index in [9.17, 15) is 4.79 Å². The van der Waals surface area contributed by atoms with E-state index in [0.29, 0.717) is 27.4 Å². The number of benzene rings is 1. The number of fused-ring (bicyclic) bond motifs is 2. The molecule has 4 aromatic heterocycles. The zero-order valence-electron chi connectivity index (χ0n) is 16.8. The Kier molecular flexibility index (Phi) is 4.25. The highest BCUT2D eigenvalue weighted by molar-refractivity contribution is 9.10. The summed E-state index contributed by atoms with van der Waals surface area (Å²) in [6, 6.07) is 13.0. The first-order valence-corrected chi connectivity index (χ1v) is 11.0. The Bertz CT molecular complexity index is 1520. The van der Waals surface area contributed by atoms with Gasteiger partial charge in [-0.1, -0.05) is 18.2 Å². The first-order valence-electron chi connectivity index (χ1n) is 10.2. The van der Waals surface area contributed by atoms with Gasteiger partial charge in [-0.15, -0.1) is 0 Å². The number of hydrogen-bond donors (Lipinski definition) is 2. The van der Waals surface area contributed by atoms with Gasteiger partial charge in [0.25, 0.3) is 5.56 Å². The van der Waals surface area contributed by atoms with Crippen molar-refractivity contribution >= 4 is 44.2 Å². The first-order chi connectivity index (χ1) is 15.6. The number of H-pyrrole nitrogens is 1. The van der Waals surface area contributed by atoms with E-state index in [-0.39, 0.29) is 17.5 Å². The molecule has 1 atom stereocenters. The van der Waals surface area contributed by atoms with E-state index in [4.69, 9.17) is 10.8 Å². The Morgan fingerprint density at radius 2 is 1.97 bits per heavy atom. The predicted octanol–water partition coefficient (Wildman–Crippen LogP) is 2.84. The Labute approximate surface area is 189 Å². The average Bonchev–Trinajstić information content (AvgIpc) is 3.53. The van der Waals surface area contributed by atoms with Gasteiger partial charge in [0.05, 0.1) is 17.1 Å². The molecular formula is C21H18BrN9O. The minimum atomic E-state index is -0.186. The Hall–Kier alpha value is -3.73. The standard InChI is InChI=1S/C21H18BrN9O/c22-16-15-17(27-26-16)24-21(23)25-19(15)29-10-4-8-13(29)18-28-30-11-5-9-14(30)20(32)31(18)12-6-2-1-3-7-12/h1-3,5-7,9,11,13H,4,8,10H2,(H3,23,24,25,26,27)/t13-/m0/s1. The van der Waals surface area contributed by atoms with E-state index in [1.54, 1.807) is 21.3 Å². The third kappa shape index (κ3) is 2.81. The van der Waals surface area contributed by atoms with Gasteiger partial charge in [0.15, 0.2) is 11.5 Å². The minimum absolute atomic E-state index is 0.116. The summed E-state index contributed by atoms with van der Waals surface area (Å²) in [7, 11) is 0. The van der Waals surface area contributed by atoms with Gasteiger partial charge in [0, 0.05) is 12.7 Å². The highest BCUT2D eigenvalue weighted by atomic mass is 79.9. The number of nitrogens with zero attached hydrogens (tertiary/aromatic N) is 7. The van der Waals surface area contributed by atoms with Crippen molar-refractivity contribution in [1.82, 2.24) is 34.3 Å². The second-order valence-electron chi connectivity index (χ2n) is 7.67. The van der Waals surface area contributed by atoms with Crippen LogP contribution in [0, 0.1) is 0 Å². The second-order valence-corrected chi connectivity index (χ2v) is 8.46. The van der Waals surface area contributed by atoms with Crippen molar-refractivity contribution in [3.63, 3.8) is 0 Å². The van der Waals surface area contributed by atoms with Crippen LogP contribution in [0.5, 0.6) is 0 Å². The molecule has 11 heteroatoms. The summed E-state index contributed by atoms with van der Waals surface area (Å²) in [6.45, 7) is 0.738. The van der Waals surface area contributed by atoms with Crippen LogP contribution in [-0.4, -0.2) is 40.9 Å². The van der Waals surface area contributed by atoms with Gasteiger partial charge >= 0.3 is 0 Å². The predicted molar refractivity (Wildman–Crippen MR) is 124 cm³/mol. The van der Waals surface area contributed by atoms with Gasteiger partial charge < -0.3 is 10.6 Å². The summed E-state index contributed by atoms with van der Waals surface area (Å²) >= 11 is 3.52. The van der Waals surface area contributed by atoms with Crippen molar-refractivity contribution in [2.75, 3.05) is 17.2 Å². The molecule has 32 heavy (non-hydrogen) atoms. The zero-order valence-corrected chi connectivity index (χ0v) is 18.4. The van der Waals surface area contributed by atoms with Crippen LogP contribution in [0.15, 0.2) is 58.1 Å². The van der Waals surface area contributed by atoms with Crippen molar-refractivity contribution in [3.8, 4) is 5.69 Å². The van der Waals surface area contributed by atoms with E-state index in [1.165, 1.54) is 0 Å². The first kappa shape index (κ1) is 19.0. The maximum Gasteiger partial charge on any atom is 0.282 e. The molecule has 3 N–H and O–H groups in total. The maximum absolute atomic E-state index is 13.5. The van der Waals surface area contributed by atoms with E-state index >= 15 is 0 Å². The Morgan fingerprint density at radius 3 is 2.81 bits per heavy atom. The van der Waals surface area contributed by atoms with Gasteiger partial charge in [0.1, 0.15) is 15.9 Å². The number of hydrogen-bond acceptors (Lipinski definition) is 7. The minimum Gasteiger partial charge on any atom is -0.368 e. The summed E-state index contributed by atoms with van der Waals surface area (Å²) in [4.78, 5) is 24.4. The molecule has 0 amide bonds. The van der Waals surface area contributed by atoms with Crippen molar-refractivity contribution < 1.29 is 0 Å². The molecule has 10 nitrogen and oxygen atoms in total. The van der Waals surface area contributed by atoms with Gasteiger partial charge in [-0.25, -0.2) is 4.52 Å². The fraction of sp³-hybridized carbons (Fsp3) is 0.190. The lowest BCUT2D eigenvalue weighted by molar-refractivity contribution is 0.602. The van der Waals surface area contributed by atoms with Gasteiger partial charge in [0.2, 0.25) is 5.95 Å². The number of anilines is 2. The summed E-state index contributed by atoms with van der Waals surface area (Å²) in [5, 5.41) is 12.7. The zero-order chi connectivity index (χ0) is 21.8. The van der Waals surface area contributed by atoms with Crippen LogP contribution in [0.1, 0.15) is 24.7 Å². The number of para-hydroxylation sites is 1. The molecule has 0 unspecified atom stereocenters. The Balaban J connectivity index is 1.60. The van der Waals surface area contributed by atoms with Crippen LogP contribution < -0.4 is 16.2 Å². The number of nitrogen functional groups attached to an aromatic ring is 1. The fourth-order valence-corrected chi connectivity index (χ4v) is 4.87. The van der Waals surface area contributed by atoms with Crippen LogP contribution in [0.2, 0.25) is 0 Å². The molecule has 1 saturated heterocycles. The van der Waals surface area contributed by atoms with E-state index < -0.39 is 0 Å². The summed E-state index contributed by atoms with van der Waals surface area (Å²) < 4.78 is 4.03. The molecule has 0 saturated carbocycles. The largest absolute Gasteiger partial charge is 0.368 e. The summed E-state index contributed by atoms with van der Waals surface area (Å²) in [6.07, 6.45) is 3.52. The quantitative estimate of drug-likeness (QED) is 0.397. The molecule has 0 spiro atoms. The molecule has 1 aromatic carbocycles. The average molecular weight is 492 g/mol. The van der Waals surface area contributed by atoms with E-state index in [1.807, 2.05) is 36.4 Å². The number of rotatable bonds is 3. The molecule has 1 aliphatic rings. The molecule has 0 radical (unpaired) electrons. The summed E-state index contributed by atoms with van der Waals surface area (Å²) in [5.41, 5.74) is 7.66. The van der Waals surface area contributed by atoms with E-state index in [0.717, 1.165) is 30.5 Å². The molecule has 6 rings (SSSR count). The number of aromatic nitrogens is 7. The topological polar surface area (TPSA) is 123 Å². The highest BCUT2D eigenvalue weighted by Gasteiger charge is 2.34. The number of halogens is 1. The van der Waals surface area contributed by atoms with Crippen molar-refractivity contribution in [1.29, 1.82) is 0 Å². The van der Waals surface area contributed by atoms with E-state index in [2.05, 4.69) is 41.0 Å². The van der Waals surface area contributed by atoms with Crippen LogP contribution in [-0.2, 0) is 0 Å². The van der Waals surface area contributed by atoms with Crippen molar-refractivity contribution in [2.45, 2.75) is 18.9 Å². The molecule has 0 aliphatic carbocycles. The van der Waals surface area contributed by atoms with Gasteiger partial charge in [-0.3, -0.25) is 14.5 Å². The number of nitrogens with one attached hydrogen (secondary N) is 1. The normalized spacial score (nSPS) is 16.4. The number of aromatic amines is 1. The maximum atomic E-state index is 13.5. The fourth-order valence-electron chi connectivity index (χ4n) is 4.43. The molecule has 1 fully saturated rings. The summed E-state index contributed by atoms with van der Waals surface area (Å²) in [5.74, 6) is 1.45. The molecule has 0 bridgehead atoms. The molecular weight excluding hydrogens is 474 g/mol.